The van der Waals surface area contributed by atoms with E-state index in [2.05, 4.69) is 0 Å². The molecule has 0 aliphatic carbocycles. The number of benzene rings is 2. The summed E-state index contributed by atoms with van der Waals surface area (Å²) in [6.07, 6.45) is 0.334. The summed E-state index contributed by atoms with van der Waals surface area (Å²) >= 11 is 6.12. The summed E-state index contributed by atoms with van der Waals surface area (Å²) in [4.78, 5) is 14.3. The minimum atomic E-state index is -0.495. The van der Waals surface area contributed by atoms with Gasteiger partial charge in [0.2, 0.25) is 5.91 Å². The summed E-state index contributed by atoms with van der Waals surface area (Å²) in [7, 11) is 0. The number of halogens is 1. The van der Waals surface area contributed by atoms with E-state index in [0.29, 0.717) is 18.0 Å². The first-order valence-corrected chi connectivity index (χ1v) is 7.35. The Morgan fingerprint density at radius 2 is 1.90 bits per heavy atom. The Balaban J connectivity index is 1.86. The number of fused-ring (bicyclic) bond motifs is 1. The van der Waals surface area contributed by atoms with Crippen molar-refractivity contribution in [2.75, 3.05) is 11.4 Å². The van der Waals surface area contributed by atoms with Crippen LogP contribution < -0.4 is 4.90 Å². The fourth-order valence-corrected chi connectivity index (χ4v) is 2.90. The molecule has 1 aliphatic rings. The van der Waals surface area contributed by atoms with E-state index in [1.54, 1.807) is 11.0 Å². The molecule has 1 atom stereocenters. The molecule has 0 saturated carbocycles. The van der Waals surface area contributed by atoms with Crippen LogP contribution in [0.25, 0.3) is 0 Å². The van der Waals surface area contributed by atoms with Gasteiger partial charge in [0.15, 0.2) is 0 Å². The molecule has 108 valence electrons. The van der Waals surface area contributed by atoms with E-state index in [4.69, 9.17) is 11.6 Å². The largest absolute Gasteiger partial charge is 0.388 e. The third kappa shape index (κ3) is 2.80. The molecule has 0 aromatic heterocycles. The van der Waals surface area contributed by atoms with E-state index >= 15 is 0 Å². The molecule has 21 heavy (non-hydrogen) atoms. The zero-order chi connectivity index (χ0) is 14.8. The van der Waals surface area contributed by atoms with E-state index in [0.717, 1.165) is 16.8 Å². The van der Waals surface area contributed by atoms with Gasteiger partial charge in [-0.15, -0.1) is 0 Å². The van der Waals surface area contributed by atoms with Crippen LogP contribution in [0.2, 0.25) is 5.02 Å². The van der Waals surface area contributed by atoms with E-state index in [9.17, 15) is 9.90 Å². The Hall–Kier alpha value is -1.84. The molecular formula is C17H16ClNO2. The van der Waals surface area contributed by atoms with Gasteiger partial charge in [-0.3, -0.25) is 4.79 Å². The number of para-hydroxylation sites is 1. The van der Waals surface area contributed by atoms with Crippen molar-refractivity contribution in [2.45, 2.75) is 18.9 Å². The van der Waals surface area contributed by atoms with Crippen molar-refractivity contribution in [3.8, 4) is 0 Å². The highest BCUT2D eigenvalue weighted by Crippen LogP contribution is 2.33. The molecule has 0 spiro atoms. The maximum Gasteiger partial charge on any atom is 0.231 e. The van der Waals surface area contributed by atoms with Crippen molar-refractivity contribution >= 4 is 23.2 Å². The van der Waals surface area contributed by atoms with Gasteiger partial charge in [0.25, 0.3) is 0 Å². The highest BCUT2D eigenvalue weighted by Gasteiger charge is 2.27. The molecule has 2 aromatic rings. The van der Waals surface area contributed by atoms with Crippen LogP contribution >= 0.6 is 11.6 Å². The summed E-state index contributed by atoms with van der Waals surface area (Å²) in [6, 6.07) is 14.9. The van der Waals surface area contributed by atoms with Crippen LogP contribution in [-0.2, 0) is 11.2 Å². The fraction of sp³-hybridized carbons (Fsp3) is 0.235. The van der Waals surface area contributed by atoms with Gasteiger partial charge in [0.1, 0.15) is 0 Å². The molecular weight excluding hydrogens is 286 g/mol. The second kappa shape index (κ2) is 5.88. The number of carbonyl (C=O) groups is 1. The van der Waals surface area contributed by atoms with Crippen LogP contribution in [-0.4, -0.2) is 17.6 Å². The average molecular weight is 302 g/mol. The van der Waals surface area contributed by atoms with Crippen molar-refractivity contribution in [2.24, 2.45) is 0 Å². The zero-order valence-electron chi connectivity index (χ0n) is 11.5. The quantitative estimate of drug-likeness (QED) is 0.924. The molecule has 0 bridgehead atoms. The van der Waals surface area contributed by atoms with Crippen LogP contribution in [0.15, 0.2) is 48.5 Å². The Morgan fingerprint density at radius 3 is 2.71 bits per heavy atom. The number of rotatable bonds is 2. The smallest absolute Gasteiger partial charge is 0.231 e. The van der Waals surface area contributed by atoms with Crippen LogP contribution in [0.1, 0.15) is 23.7 Å². The number of anilines is 1. The van der Waals surface area contributed by atoms with Crippen molar-refractivity contribution in [1.29, 1.82) is 0 Å². The normalized spacial score (nSPS) is 17.4. The summed E-state index contributed by atoms with van der Waals surface area (Å²) < 4.78 is 0. The SMILES string of the molecule is O=C(Cc1ccccc1Cl)N1CCC(O)c2ccccc21. The zero-order valence-corrected chi connectivity index (χ0v) is 12.3. The number of carbonyl (C=O) groups excluding carboxylic acids is 1. The standard InChI is InChI=1S/C17H16ClNO2/c18-14-7-3-1-5-12(14)11-17(21)19-10-9-16(20)13-6-2-4-8-15(13)19/h1-8,16,20H,9-11H2. The topological polar surface area (TPSA) is 40.5 Å². The second-order valence-electron chi connectivity index (χ2n) is 5.18. The second-order valence-corrected chi connectivity index (χ2v) is 5.58. The molecule has 0 saturated heterocycles. The molecule has 0 radical (unpaired) electrons. The molecule has 2 aromatic carbocycles. The van der Waals surface area contributed by atoms with Crippen molar-refractivity contribution in [1.82, 2.24) is 0 Å². The fourth-order valence-electron chi connectivity index (χ4n) is 2.70. The van der Waals surface area contributed by atoms with Gasteiger partial charge >= 0.3 is 0 Å². The minimum Gasteiger partial charge on any atom is -0.388 e. The van der Waals surface area contributed by atoms with Crippen molar-refractivity contribution in [3.63, 3.8) is 0 Å². The third-order valence-electron chi connectivity index (χ3n) is 3.81. The number of aliphatic hydroxyl groups is 1. The Bertz CT molecular complexity index is 671. The number of aliphatic hydroxyl groups excluding tert-OH is 1. The number of amides is 1. The Labute approximate surface area is 128 Å². The van der Waals surface area contributed by atoms with E-state index < -0.39 is 6.10 Å². The van der Waals surface area contributed by atoms with E-state index in [1.807, 2.05) is 42.5 Å². The van der Waals surface area contributed by atoms with Crippen LogP contribution in [0.4, 0.5) is 5.69 Å². The minimum absolute atomic E-state index is 0.00227. The summed E-state index contributed by atoms with van der Waals surface area (Å²) in [6.45, 7) is 0.529. The van der Waals surface area contributed by atoms with Crippen molar-refractivity contribution < 1.29 is 9.90 Å². The summed E-state index contributed by atoms with van der Waals surface area (Å²) in [5, 5.41) is 10.6. The van der Waals surface area contributed by atoms with Gasteiger partial charge in [0, 0.05) is 22.8 Å². The summed E-state index contributed by atoms with van der Waals surface area (Å²) in [5.41, 5.74) is 2.44. The first-order chi connectivity index (χ1) is 10.2. The van der Waals surface area contributed by atoms with Gasteiger partial charge < -0.3 is 10.0 Å². The average Bonchev–Trinajstić information content (AvgIpc) is 2.50. The molecule has 3 nitrogen and oxygen atoms in total. The molecule has 1 aliphatic heterocycles. The van der Waals surface area contributed by atoms with Gasteiger partial charge in [-0.25, -0.2) is 0 Å². The molecule has 1 amide bonds. The third-order valence-corrected chi connectivity index (χ3v) is 4.18. The van der Waals surface area contributed by atoms with Crippen LogP contribution in [0.5, 0.6) is 0 Å². The lowest BCUT2D eigenvalue weighted by molar-refractivity contribution is -0.118. The van der Waals surface area contributed by atoms with E-state index in [1.165, 1.54) is 0 Å². The number of hydrogen-bond donors (Lipinski definition) is 1. The Morgan fingerprint density at radius 1 is 1.19 bits per heavy atom. The predicted molar refractivity (Wildman–Crippen MR) is 83.5 cm³/mol. The van der Waals surface area contributed by atoms with Gasteiger partial charge in [-0.1, -0.05) is 48.0 Å². The van der Waals surface area contributed by atoms with Gasteiger partial charge in [-0.2, -0.15) is 0 Å². The molecule has 1 unspecified atom stereocenters. The maximum absolute atomic E-state index is 12.6. The first kappa shape index (κ1) is 14.1. The molecule has 4 heteroatoms. The molecule has 3 rings (SSSR count). The van der Waals surface area contributed by atoms with Gasteiger partial charge in [0.05, 0.1) is 12.5 Å². The van der Waals surface area contributed by atoms with Crippen molar-refractivity contribution in [3.05, 3.63) is 64.7 Å². The highest BCUT2D eigenvalue weighted by atomic mass is 35.5. The first-order valence-electron chi connectivity index (χ1n) is 6.97. The summed E-state index contributed by atoms with van der Waals surface area (Å²) in [5.74, 6) is 0.00227. The maximum atomic E-state index is 12.6. The molecule has 1 N–H and O–H groups in total. The lowest BCUT2D eigenvalue weighted by Gasteiger charge is -2.32. The van der Waals surface area contributed by atoms with Crippen LogP contribution in [0.3, 0.4) is 0 Å². The van der Waals surface area contributed by atoms with Crippen LogP contribution in [0, 0.1) is 0 Å². The molecule has 0 fully saturated rings. The lowest BCUT2D eigenvalue weighted by Crippen LogP contribution is -2.37. The monoisotopic (exact) mass is 301 g/mol. The predicted octanol–water partition coefficient (Wildman–Crippen LogP) is 3.35. The lowest BCUT2D eigenvalue weighted by atomic mass is 9.98. The molecule has 1 heterocycles. The highest BCUT2D eigenvalue weighted by molar-refractivity contribution is 6.31. The van der Waals surface area contributed by atoms with Gasteiger partial charge in [-0.05, 0) is 24.1 Å². The number of hydrogen-bond acceptors (Lipinski definition) is 2. The Kier molecular flexibility index (Phi) is 3.95. The van der Waals surface area contributed by atoms with E-state index in [-0.39, 0.29) is 12.3 Å². The number of nitrogens with zero attached hydrogens (tertiary/aromatic N) is 1.